The molecule has 1 saturated heterocycles. The molecule has 6 nitrogen and oxygen atoms in total. The van der Waals surface area contributed by atoms with Crippen molar-refractivity contribution in [2.75, 3.05) is 25.0 Å². The van der Waals surface area contributed by atoms with E-state index in [0.717, 1.165) is 41.1 Å². The summed E-state index contributed by atoms with van der Waals surface area (Å²) in [6, 6.07) is 17.6. The molecule has 2 aromatic carbocycles. The molecule has 3 aromatic rings. The van der Waals surface area contributed by atoms with Crippen LogP contribution in [0.4, 0.5) is 5.82 Å². The number of para-hydroxylation sites is 2. The lowest BCUT2D eigenvalue weighted by molar-refractivity contribution is -0.134. The number of carbonyl (C=O) groups is 1. The maximum Gasteiger partial charge on any atom is 0.225 e. The Bertz CT molecular complexity index is 1130. The van der Waals surface area contributed by atoms with Crippen molar-refractivity contribution in [2.45, 2.75) is 26.3 Å². The van der Waals surface area contributed by atoms with Crippen molar-refractivity contribution in [3.63, 3.8) is 0 Å². The van der Waals surface area contributed by atoms with E-state index in [2.05, 4.69) is 11.0 Å². The van der Waals surface area contributed by atoms with Crippen molar-refractivity contribution in [2.24, 2.45) is 5.92 Å². The molecule has 1 fully saturated rings. The fourth-order valence-corrected chi connectivity index (χ4v) is 3.98. The molecular formula is C24H25N5O. The molecule has 152 valence electrons. The molecule has 0 N–H and O–H groups in total. The van der Waals surface area contributed by atoms with E-state index in [0.29, 0.717) is 12.1 Å². The largest absolute Gasteiger partial charge is 0.353 e. The molecular weight excluding hydrogens is 374 g/mol. The van der Waals surface area contributed by atoms with E-state index in [4.69, 9.17) is 9.97 Å². The van der Waals surface area contributed by atoms with E-state index in [9.17, 15) is 10.1 Å². The van der Waals surface area contributed by atoms with Gasteiger partial charge in [0.1, 0.15) is 5.69 Å². The second-order valence-electron chi connectivity index (χ2n) is 8.07. The third-order valence-corrected chi connectivity index (χ3v) is 5.67. The minimum Gasteiger partial charge on any atom is -0.353 e. The molecule has 1 aromatic heterocycles. The first-order valence-corrected chi connectivity index (χ1v) is 10.3. The summed E-state index contributed by atoms with van der Waals surface area (Å²) >= 11 is 0. The topological polar surface area (TPSA) is 73.1 Å². The molecule has 1 atom stereocenters. The van der Waals surface area contributed by atoms with Gasteiger partial charge in [0, 0.05) is 31.6 Å². The van der Waals surface area contributed by atoms with Crippen molar-refractivity contribution >= 4 is 22.8 Å². The Labute approximate surface area is 176 Å². The van der Waals surface area contributed by atoms with Crippen molar-refractivity contribution in [1.82, 2.24) is 14.9 Å². The van der Waals surface area contributed by atoms with E-state index in [1.807, 2.05) is 68.3 Å². The summed E-state index contributed by atoms with van der Waals surface area (Å²) < 4.78 is 0. The number of hydrogen-bond acceptors (Lipinski definition) is 5. The van der Waals surface area contributed by atoms with E-state index >= 15 is 0 Å². The average molecular weight is 399 g/mol. The number of amides is 1. The third-order valence-electron chi connectivity index (χ3n) is 5.67. The molecule has 0 radical (unpaired) electrons. The molecule has 4 rings (SSSR count). The monoisotopic (exact) mass is 399 g/mol. The number of hydrogen-bond donors (Lipinski definition) is 0. The molecule has 1 amide bonds. The minimum atomic E-state index is -0.0196. The highest BCUT2D eigenvalue weighted by Crippen LogP contribution is 2.33. The molecule has 6 heteroatoms. The zero-order valence-electron chi connectivity index (χ0n) is 17.5. The van der Waals surface area contributed by atoms with Gasteiger partial charge >= 0.3 is 0 Å². The quantitative estimate of drug-likeness (QED) is 0.666. The van der Waals surface area contributed by atoms with Gasteiger partial charge in [0.15, 0.2) is 5.82 Å². The van der Waals surface area contributed by atoms with Crippen molar-refractivity contribution < 1.29 is 4.79 Å². The lowest BCUT2D eigenvalue weighted by Crippen LogP contribution is -2.41. The standard InChI is InChI=1S/C24H25N5O/c1-16(2)24(30)28(3)19-11-12-29(15-19)23-22(18-8-6-7-17(13-18)14-25)26-20-9-4-5-10-21(20)27-23/h4-10,13,16,19H,11-12,15H2,1-3H3/t19-/m0/s1. The zero-order chi connectivity index (χ0) is 21.3. The van der Waals surface area contributed by atoms with Gasteiger partial charge in [-0.3, -0.25) is 4.79 Å². The van der Waals surface area contributed by atoms with Crippen LogP contribution in [0.1, 0.15) is 25.8 Å². The maximum absolute atomic E-state index is 12.5. The number of fused-ring (bicyclic) bond motifs is 1. The highest BCUT2D eigenvalue weighted by Gasteiger charge is 2.31. The first-order valence-electron chi connectivity index (χ1n) is 10.3. The first kappa shape index (κ1) is 19.8. The third kappa shape index (κ3) is 3.71. The Morgan fingerprint density at radius 1 is 1.17 bits per heavy atom. The summed E-state index contributed by atoms with van der Waals surface area (Å²) in [5.74, 6) is 0.943. The van der Waals surface area contributed by atoms with Crippen LogP contribution in [0.25, 0.3) is 22.3 Å². The van der Waals surface area contributed by atoms with Gasteiger partial charge in [0.25, 0.3) is 0 Å². The Morgan fingerprint density at radius 3 is 2.60 bits per heavy atom. The van der Waals surface area contributed by atoms with E-state index < -0.39 is 0 Å². The number of aromatic nitrogens is 2. The highest BCUT2D eigenvalue weighted by atomic mass is 16.2. The number of anilines is 1. The van der Waals surface area contributed by atoms with E-state index in [-0.39, 0.29) is 17.9 Å². The smallest absolute Gasteiger partial charge is 0.225 e. The van der Waals surface area contributed by atoms with Crippen LogP contribution in [-0.2, 0) is 4.79 Å². The van der Waals surface area contributed by atoms with Crippen molar-refractivity contribution in [1.29, 1.82) is 5.26 Å². The Balaban J connectivity index is 1.75. The SMILES string of the molecule is CC(C)C(=O)N(C)[C@H]1CCN(c2nc3ccccc3nc2-c2cccc(C#N)c2)C1. The Kier molecular flexibility index (Phi) is 5.37. The number of benzene rings is 2. The van der Waals surface area contributed by atoms with Crippen LogP contribution in [0.2, 0.25) is 0 Å². The van der Waals surface area contributed by atoms with E-state index in [1.165, 1.54) is 0 Å². The molecule has 0 aliphatic carbocycles. The van der Waals surface area contributed by atoms with Crippen LogP contribution in [-0.4, -0.2) is 47.0 Å². The summed E-state index contributed by atoms with van der Waals surface area (Å²) in [5.41, 5.74) is 3.89. The predicted octanol–water partition coefficient (Wildman–Crippen LogP) is 3.86. The number of likely N-dealkylation sites (N-methyl/N-ethyl adjacent to an activating group) is 1. The van der Waals surface area contributed by atoms with Gasteiger partial charge in [-0.05, 0) is 30.7 Å². The van der Waals surface area contributed by atoms with E-state index in [1.54, 1.807) is 6.07 Å². The molecule has 0 saturated carbocycles. The zero-order valence-corrected chi connectivity index (χ0v) is 17.5. The fourth-order valence-electron chi connectivity index (χ4n) is 3.98. The predicted molar refractivity (Wildman–Crippen MR) is 118 cm³/mol. The lowest BCUT2D eigenvalue weighted by atomic mass is 10.1. The Morgan fingerprint density at radius 2 is 1.90 bits per heavy atom. The highest BCUT2D eigenvalue weighted by molar-refractivity contribution is 5.84. The van der Waals surface area contributed by atoms with Crippen LogP contribution in [0.3, 0.4) is 0 Å². The molecule has 0 spiro atoms. The minimum absolute atomic E-state index is 0.0196. The molecule has 0 bridgehead atoms. The molecule has 1 aliphatic rings. The average Bonchev–Trinajstić information content (AvgIpc) is 3.27. The van der Waals surface area contributed by atoms with Crippen LogP contribution < -0.4 is 4.90 Å². The number of rotatable bonds is 4. The van der Waals surface area contributed by atoms with Crippen molar-refractivity contribution in [3.05, 3.63) is 54.1 Å². The fraction of sp³-hybridized carbons (Fsp3) is 0.333. The Hall–Kier alpha value is -3.46. The first-order chi connectivity index (χ1) is 14.5. The van der Waals surface area contributed by atoms with Gasteiger partial charge in [0.2, 0.25) is 5.91 Å². The normalized spacial score (nSPS) is 16.1. The second-order valence-corrected chi connectivity index (χ2v) is 8.07. The summed E-state index contributed by atoms with van der Waals surface area (Å²) in [4.78, 5) is 26.4. The summed E-state index contributed by atoms with van der Waals surface area (Å²) in [5, 5.41) is 9.32. The van der Waals surface area contributed by atoms with Crippen molar-refractivity contribution in [3.8, 4) is 17.3 Å². The van der Waals surface area contributed by atoms with Gasteiger partial charge in [-0.1, -0.05) is 38.1 Å². The van der Waals surface area contributed by atoms with Gasteiger partial charge in [-0.2, -0.15) is 5.26 Å². The summed E-state index contributed by atoms with van der Waals surface area (Å²) in [7, 11) is 1.89. The lowest BCUT2D eigenvalue weighted by Gasteiger charge is -2.27. The molecule has 0 unspecified atom stereocenters. The molecule has 2 heterocycles. The second kappa shape index (κ2) is 8.11. The number of carbonyl (C=O) groups excluding carboxylic acids is 1. The van der Waals surface area contributed by atoms with Crippen LogP contribution in [0.5, 0.6) is 0 Å². The van der Waals surface area contributed by atoms with Gasteiger partial charge in [0.05, 0.1) is 28.7 Å². The summed E-state index contributed by atoms with van der Waals surface area (Å²) in [6.45, 7) is 5.38. The van der Waals surface area contributed by atoms with Gasteiger partial charge < -0.3 is 9.80 Å². The summed E-state index contributed by atoms with van der Waals surface area (Å²) in [6.07, 6.45) is 0.890. The van der Waals surface area contributed by atoms with Crippen LogP contribution in [0, 0.1) is 17.2 Å². The van der Waals surface area contributed by atoms with Gasteiger partial charge in [-0.15, -0.1) is 0 Å². The van der Waals surface area contributed by atoms with Crippen LogP contribution >= 0.6 is 0 Å². The number of nitriles is 1. The van der Waals surface area contributed by atoms with Crippen LogP contribution in [0.15, 0.2) is 48.5 Å². The van der Waals surface area contributed by atoms with Gasteiger partial charge in [-0.25, -0.2) is 9.97 Å². The number of nitrogens with zero attached hydrogens (tertiary/aromatic N) is 5. The molecule has 30 heavy (non-hydrogen) atoms. The molecule has 1 aliphatic heterocycles. The maximum atomic E-state index is 12.5.